The van der Waals surface area contributed by atoms with Crippen LogP contribution in [0, 0.1) is 6.92 Å². The normalized spacial score (nSPS) is 10.9. The van der Waals surface area contributed by atoms with Crippen molar-refractivity contribution in [2.24, 2.45) is 0 Å². The van der Waals surface area contributed by atoms with E-state index in [1.54, 1.807) is 13.8 Å². The lowest BCUT2D eigenvalue weighted by Crippen LogP contribution is -2.43. The second-order valence-electron chi connectivity index (χ2n) is 5.04. The zero-order chi connectivity index (χ0) is 15.6. The van der Waals surface area contributed by atoms with E-state index in [1.807, 2.05) is 25.1 Å². The number of carboxylic acids is 1. The molecule has 1 aromatic heterocycles. The Bertz CT molecular complexity index is 681. The second-order valence-corrected chi connectivity index (χ2v) is 6.07. The molecule has 0 aliphatic heterocycles. The number of aliphatic carboxylic acids is 1. The minimum Gasteiger partial charge on any atom is -0.480 e. The maximum atomic E-state index is 12.2. The van der Waals surface area contributed by atoms with Gasteiger partial charge in [0.2, 0.25) is 0 Å². The third kappa shape index (κ3) is 3.69. The van der Waals surface area contributed by atoms with Crippen molar-refractivity contribution in [1.29, 1.82) is 0 Å². The molecule has 2 rings (SSSR count). The van der Waals surface area contributed by atoms with E-state index in [-0.39, 0.29) is 12.6 Å². The third-order valence-electron chi connectivity index (χ3n) is 2.95. The standard InChI is InChI=1S/C14H17N3O3S/c1-8(2)17(7-12(18)19)14(20)16-13-15-10-5-4-9(3)6-11(10)21-13/h4-6,8H,7H2,1-3H3,(H,18,19)(H,15,16,20). The van der Waals surface area contributed by atoms with Gasteiger partial charge in [-0.25, -0.2) is 9.78 Å². The number of carbonyl (C=O) groups is 2. The van der Waals surface area contributed by atoms with E-state index < -0.39 is 12.0 Å². The molecule has 2 aromatic rings. The van der Waals surface area contributed by atoms with Gasteiger partial charge in [-0.2, -0.15) is 0 Å². The molecule has 1 aromatic carbocycles. The quantitative estimate of drug-likeness (QED) is 0.909. The van der Waals surface area contributed by atoms with Crippen LogP contribution in [0.2, 0.25) is 0 Å². The van der Waals surface area contributed by atoms with Gasteiger partial charge in [0.05, 0.1) is 10.2 Å². The molecule has 0 saturated carbocycles. The van der Waals surface area contributed by atoms with Crippen LogP contribution in [0.15, 0.2) is 18.2 Å². The molecule has 0 atom stereocenters. The number of carboxylic acid groups (broad SMARTS) is 1. The number of aromatic nitrogens is 1. The maximum Gasteiger partial charge on any atom is 0.324 e. The van der Waals surface area contributed by atoms with Gasteiger partial charge >= 0.3 is 12.0 Å². The summed E-state index contributed by atoms with van der Waals surface area (Å²) >= 11 is 1.37. The topological polar surface area (TPSA) is 82.5 Å². The van der Waals surface area contributed by atoms with Crippen molar-refractivity contribution in [3.63, 3.8) is 0 Å². The minimum absolute atomic E-state index is 0.210. The monoisotopic (exact) mass is 307 g/mol. The van der Waals surface area contributed by atoms with Gasteiger partial charge in [0.1, 0.15) is 6.54 Å². The fraction of sp³-hybridized carbons (Fsp3) is 0.357. The highest BCUT2D eigenvalue weighted by molar-refractivity contribution is 7.22. The van der Waals surface area contributed by atoms with Crippen molar-refractivity contribution in [1.82, 2.24) is 9.88 Å². The van der Waals surface area contributed by atoms with Gasteiger partial charge in [0.25, 0.3) is 0 Å². The molecule has 0 saturated heterocycles. The number of benzene rings is 1. The van der Waals surface area contributed by atoms with Crippen molar-refractivity contribution in [3.8, 4) is 0 Å². The summed E-state index contributed by atoms with van der Waals surface area (Å²) in [5.74, 6) is -1.04. The van der Waals surface area contributed by atoms with Gasteiger partial charge in [0.15, 0.2) is 5.13 Å². The van der Waals surface area contributed by atoms with Crippen LogP contribution in [0.25, 0.3) is 10.2 Å². The smallest absolute Gasteiger partial charge is 0.324 e. The van der Waals surface area contributed by atoms with Gasteiger partial charge in [-0.15, -0.1) is 0 Å². The number of hydrogen-bond acceptors (Lipinski definition) is 4. The Morgan fingerprint density at radius 1 is 1.43 bits per heavy atom. The Kier molecular flexibility index (Phi) is 4.42. The molecule has 2 amide bonds. The van der Waals surface area contributed by atoms with Crippen molar-refractivity contribution in [2.75, 3.05) is 11.9 Å². The first-order valence-corrected chi connectivity index (χ1v) is 7.35. The Labute approximate surface area is 126 Å². The molecule has 6 nitrogen and oxygen atoms in total. The molecule has 0 fully saturated rings. The Balaban J connectivity index is 2.17. The maximum absolute atomic E-state index is 12.2. The predicted molar refractivity (Wildman–Crippen MR) is 82.9 cm³/mol. The number of anilines is 1. The summed E-state index contributed by atoms with van der Waals surface area (Å²) in [6, 6.07) is 5.19. The molecule has 0 radical (unpaired) electrons. The van der Waals surface area contributed by atoms with Crippen molar-refractivity contribution in [3.05, 3.63) is 23.8 Å². The molecule has 0 unspecified atom stereocenters. The number of carbonyl (C=O) groups excluding carboxylic acids is 1. The van der Waals surface area contributed by atoms with Gasteiger partial charge in [-0.1, -0.05) is 17.4 Å². The predicted octanol–water partition coefficient (Wildman–Crippen LogP) is 2.93. The van der Waals surface area contributed by atoms with E-state index in [9.17, 15) is 9.59 Å². The van der Waals surface area contributed by atoms with Crippen LogP contribution in [0.4, 0.5) is 9.93 Å². The number of hydrogen-bond donors (Lipinski definition) is 2. The van der Waals surface area contributed by atoms with Gasteiger partial charge in [0, 0.05) is 6.04 Å². The van der Waals surface area contributed by atoms with E-state index in [4.69, 9.17) is 5.11 Å². The number of thiazole rings is 1. The van der Waals surface area contributed by atoms with Gasteiger partial charge < -0.3 is 10.0 Å². The van der Waals surface area contributed by atoms with Crippen LogP contribution >= 0.6 is 11.3 Å². The highest BCUT2D eigenvalue weighted by Gasteiger charge is 2.20. The molecule has 7 heteroatoms. The molecular weight excluding hydrogens is 290 g/mol. The number of rotatable bonds is 4. The van der Waals surface area contributed by atoms with Crippen molar-refractivity contribution in [2.45, 2.75) is 26.8 Å². The van der Waals surface area contributed by atoms with Crippen LogP contribution in [0.5, 0.6) is 0 Å². The third-order valence-corrected chi connectivity index (χ3v) is 3.88. The van der Waals surface area contributed by atoms with Crippen molar-refractivity contribution >= 4 is 38.7 Å². The first-order valence-electron chi connectivity index (χ1n) is 6.53. The molecular formula is C14H17N3O3S. The number of aryl methyl sites for hydroxylation is 1. The molecule has 112 valence electrons. The molecule has 0 spiro atoms. The number of fused-ring (bicyclic) bond motifs is 1. The average molecular weight is 307 g/mol. The van der Waals surface area contributed by atoms with E-state index in [0.717, 1.165) is 15.8 Å². The Morgan fingerprint density at radius 3 is 2.76 bits per heavy atom. The summed E-state index contributed by atoms with van der Waals surface area (Å²) in [6.07, 6.45) is 0. The van der Waals surface area contributed by atoms with E-state index in [0.29, 0.717) is 5.13 Å². The summed E-state index contributed by atoms with van der Waals surface area (Å²) in [7, 11) is 0. The average Bonchev–Trinajstić information content (AvgIpc) is 2.76. The molecule has 2 N–H and O–H groups in total. The van der Waals surface area contributed by atoms with E-state index >= 15 is 0 Å². The first-order chi connectivity index (χ1) is 9.86. The molecule has 0 aliphatic carbocycles. The summed E-state index contributed by atoms with van der Waals surface area (Å²) < 4.78 is 0.986. The highest BCUT2D eigenvalue weighted by Crippen LogP contribution is 2.26. The summed E-state index contributed by atoms with van der Waals surface area (Å²) in [4.78, 5) is 28.5. The molecule has 21 heavy (non-hydrogen) atoms. The van der Waals surface area contributed by atoms with Gasteiger partial charge in [-0.05, 0) is 38.5 Å². The van der Waals surface area contributed by atoms with Crippen LogP contribution in [-0.2, 0) is 4.79 Å². The Hall–Kier alpha value is -2.15. The second kappa shape index (κ2) is 6.09. The van der Waals surface area contributed by atoms with Crippen LogP contribution < -0.4 is 5.32 Å². The molecule has 0 bridgehead atoms. The van der Waals surface area contributed by atoms with Crippen molar-refractivity contribution < 1.29 is 14.7 Å². The number of amides is 2. The molecule has 1 heterocycles. The first kappa shape index (κ1) is 15.2. The zero-order valence-electron chi connectivity index (χ0n) is 12.1. The van der Waals surface area contributed by atoms with Gasteiger partial charge in [-0.3, -0.25) is 10.1 Å². The summed E-state index contributed by atoms with van der Waals surface area (Å²) in [5, 5.41) is 12.0. The van der Waals surface area contributed by atoms with E-state index in [1.165, 1.54) is 16.2 Å². The number of nitrogens with zero attached hydrogens (tertiary/aromatic N) is 2. The highest BCUT2D eigenvalue weighted by atomic mass is 32.1. The Morgan fingerprint density at radius 2 is 2.14 bits per heavy atom. The summed E-state index contributed by atoms with van der Waals surface area (Å²) in [5.41, 5.74) is 1.94. The molecule has 0 aliphatic rings. The SMILES string of the molecule is Cc1ccc2nc(NC(=O)N(CC(=O)O)C(C)C)sc2c1. The lowest BCUT2D eigenvalue weighted by molar-refractivity contribution is -0.137. The summed E-state index contributed by atoms with van der Waals surface area (Å²) in [6.45, 7) is 5.19. The lowest BCUT2D eigenvalue weighted by atomic mass is 10.2. The lowest BCUT2D eigenvalue weighted by Gasteiger charge is -2.24. The fourth-order valence-electron chi connectivity index (χ4n) is 1.88. The number of nitrogens with one attached hydrogen (secondary N) is 1. The van der Waals surface area contributed by atoms with E-state index in [2.05, 4.69) is 10.3 Å². The van der Waals surface area contributed by atoms with Crippen LogP contribution in [0.1, 0.15) is 19.4 Å². The van der Waals surface area contributed by atoms with Crippen LogP contribution in [0.3, 0.4) is 0 Å². The largest absolute Gasteiger partial charge is 0.480 e. The minimum atomic E-state index is -1.04. The van der Waals surface area contributed by atoms with Crippen LogP contribution in [-0.4, -0.2) is 39.6 Å². The zero-order valence-corrected chi connectivity index (χ0v) is 12.9. The number of urea groups is 1. The fourth-order valence-corrected chi connectivity index (χ4v) is 2.84.